The minimum atomic E-state index is -0.984. The average Bonchev–Trinajstić information content (AvgIpc) is 3.63. The Bertz CT molecular complexity index is 1960. The highest BCUT2D eigenvalue weighted by Gasteiger charge is 2.54. The van der Waals surface area contributed by atoms with Crippen molar-refractivity contribution in [2.75, 3.05) is 62.4 Å². The van der Waals surface area contributed by atoms with Crippen LogP contribution in [-0.2, 0) is 29.9 Å². The lowest BCUT2D eigenvalue weighted by atomic mass is 9.63. The Morgan fingerprint density at radius 3 is 2.29 bits per heavy atom. The first-order chi connectivity index (χ1) is 27.3. The van der Waals surface area contributed by atoms with Crippen molar-refractivity contribution < 1.29 is 47.2 Å². The molecule has 3 aromatic carbocycles. The van der Waals surface area contributed by atoms with Crippen molar-refractivity contribution in [2.45, 2.75) is 56.4 Å². The van der Waals surface area contributed by atoms with Crippen LogP contribution in [-0.4, -0.2) is 105 Å². The Balaban J connectivity index is 0.000000339. The summed E-state index contributed by atoms with van der Waals surface area (Å²) < 4.78 is 44.9. The maximum absolute atomic E-state index is 13.5. The number of aromatic nitrogens is 1. The Labute approximate surface area is 330 Å². The molecule has 3 fully saturated rings. The summed E-state index contributed by atoms with van der Waals surface area (Å²) in [6, 6.07) is 21.4. The largest absolute Gasteiger partial charge is 0.497 e. The fraction of sp³-hybridized carbons (Fsp3) is 0.488. The molecule has 12 nitrogen and oxygen atoms in total. The number of methoxy groups -OCH3 is 6. The normalized spacial score (nSPS) is 25.6. The van der Waals surface area contributed by atoms with Gasteiger partial charge in [0.1, 0.15) is 18.0 Å². The number of fused-ring (bicyclic) bond motifs is 6. The van der Waals surface area contributed by atoms with Crippen molar-refractivity contribution >= 4 is 37.1 Å². The number of hydrogen-bond donors (Lipinski definition) is 1. The van der Waals surface area contributed by atoms with E-state index < -0.39 is 33.1 Å². The minimum absolute atomic E-state index is 0.0170. The van der Waals surface area contributed by atoms with E-state index in [0.717, 1.165) is 43.8 Å². The SMILES string of the molecule is COC(=O)[C@H]1[C@H]2C[C@@H]3c4[nH]c5cc(OC)ccc5c4CCN3C[C@H]2C[C@@H](OC(=O)c2cc(OC)c(OC)c(OC)c2)[C@@H]1OC.c1ccc([SiH]2CCCCO2)cc1. The van der Waals surface area contributed by atoms with E-state index in [9.17, 15) is 9.59 Å². The number of carbonyl (C=O) groups excluding carboxylic acids is 2. The van der Waals surface area contributed by atoms with Crippen LogP contribution in [0.15, 0.2) is 60.7 Å². The molecule has 1 aliphatic carbocycles. The first kappa shape index (κ1) is 39.7. The van der Waals surface area contributed by atoms with E-state index >= 15 is 0 Å². The molecular formula is C43H54N2O10Si. The molecule has 13 heteroatoms. The second-order valence-corrected chi connectivity index (χ2v) is 17.5. The smallest absolute Gasteiger partial charge is 0.338 e. The minimum Gasteiger partial charge on any atom is -0.497 e. The van der Waals surface area contributed by atoms with Crippen molar-refractivity contribution in [2.24, 2.45) is 17.8 Å². The average molecular weight is 787 g/mol. The van der Waals surface area contributed by atoms with Crippen LogP contribution < -0.4 is 24.1 Å². The lowest BCUT2D eigenvalue weighted by Crippen LogP contribution is -2.58. The molecule has 4 aliphatic rings. The van der Waals surface area contributed by atoms with Gasteiger partial charge in [-0.2, -0.15) is 0 Å². The topological polar surface area (TPSA) is 127 Å². The van der Waals surface area contributed by atoms with Gasteiger partial charge < -0.3 is 42.6 Å². The monoisotopic (exact) mass is 786 g/mol. The molecule has 300 valence electrons. The Morgan fingerprint density at radius 2 is 1.64 bits per heavy atom. The van der Waals surface area contributed by atoms with Gasteiger partial charge in [-0.05, 0) is 78.6 Å². The van der Waals surface area contributed by atoms with Gasteiger partial charge in [-0.15, -0.1) is 0 Å². The molecule has 4 aromatic rings. The number of piperidine rings is 1. The molecule has 4 heterocycles. The molecular weight excluding hydrogens is 733 g/mol. The summed E-state index contributed by atoms with van der Waals surface area (Å²) in [6.45, 7) is 2.67. The molecule has 0 radical (unpaired) electrons. The van der Waals surface area contributed by atoms with Crippen LogP contribution >= 0.6 is 0 Å². The standard InChI is InChI=1S/C33H40N2O9.C10H14OSi/c1-38-19-7-8-20-21-9-10-35-16-18-13-27(44-32(36)17-11-25(39-2)30(41-4)26(12-17)40-3)31(42-5)28(33(37)43-6)22(18)15-24(35)29(21)34-23(20)14-19;1-2-6-10(7-3-1)12-9-5-4-8-11-12/h7-8,11-12,14,18,22,24,27-28,31,34H,9-10,13,15-16H2,1-6H3;1-3,6-7,12H,4-5,8-9H2/t18-,22+,24-,27-,28+,31+;/m1./s1. The van der Waals surface area contributed by atoms with Gasteiger partial charge >= 0.3 is 11.9 Å². The fourth-order valence-electron chi connectivity index (χ4n) is 9.43. The number of benzene rings is 3. The highest BCUT2D eigenvalue weighted by molar-refractivity contribution is 6.67. The molecule has 1 N–H and O–H groups in total. The first-order valence-corrected chi connectivity index (χ1v) is 21.4. The summed E-state index contributed by atoms with van der Waals surface area (Å²) in [5.74, 6) is 0.441. The van der Waals surface area contributed by atoms with E-state index in [-0.39, 0.29) is 29.4 Å². The predicted molar refractivity (Wildman–Crippen MR) is 214 cm³/mol. The van der Waals surface area contributed by atoms with Crippen molar-refractivity contribution in [3.63, 3.8) is 0 Å². The molecule has 0 bridgehead atoms. The molecule has 3 aliphatic heterocycles. The van der Waals surface area contributed by atoms with Crippen molar-refractivity contribution in [3.8, 4) is 23.0 Å². The first-order valence-electron chi connectivity index (χ1n) is 19.5. The van der Waals surface area contributed by atoms with E-state index in [1.807, 2.05) is 12.1 Å². The summed E-state index contributed by atoms with van der Waals surface area (Å²) >= 11 is 0. The van der Waals surface area contributed by atoms with Gasteiger partial charge in [-0.25, -0.2) is 4.79 Å². The third kappa shape index (κ3) is 7.87. The summed E-state index contributed by atoms with van der Waals surface area (Å²) in [7, 11) is 8.12. The van der Waals surface area contributed by atoms with Crippen molar-refractivity contribution in [1.29, 1.82) is 0 Å². The molecule has 0 spiro atoms. The number of carbonyl (C=O) groups is 2. The van der Waals surface area contributed by atoms with E-state index in [0.29, 0.717) is 23.7 Å². The second-order valence-electron chi connectivity index (χ2n) is 15.0. The molecule has 56 heavy (non-hydrogen) atoms. The van der Waals surface area contributed by atoms with Crippen LogP contribution in [0.5, 0.6) is 23.0 Å². The number of nitrogens with zero attached hydrogens (tertiary/aromatic N) is 1. The molecule has 1 aromatic heterocycles. The van der Waals surface area contributed by atoms with Gasteiger partial charge in [-0.3, -0.25) is 9.69 Å². The lowest BCUT2D eigenvalue weighted by molar-refractivity contribution is -0.176. The molecule has 0 amide bonds. The third-order valence-electron chi connectivity index (χ3n) is 12.1. The number of nitrogens with one attached hydrogen (secondary N) is 1. The fourth-order valence-corrected chi connectivity index (χ4v) is 11.9. The zero-order valence-electron chi connectivity index (χ0n) is 33.2. The van der Waals surface area contributed by atoms with Gasteiger partial charge in [0.05, 0.1) is 53.1 Å². The van der Waals surface area contributed by atoms with Gasteiger partial charge in [0.15, 0.2) is 11.5 Å². The molecule has 1 unspecified atom stereocenters. The Kier molecular flexibility index (Phi) is 12.5. The molecule has 1 saturated carbocycles. The van der Waals surface area contributed by atoms with Gasteiger partial charge in [-0.1, -0.05) is 36.8 Å². The summed E-state index contributed by atoms with van der Waals surface area (Å²) in [6.07, 6.45) is 3.55. The number of esters is 2. The highest BCUT2D eigenvalue weighted by Crippen LogP contribution is 2.51. The summed E-state index contributed by atoms with van der Waals surface area (Å²) in [5, 5.41) is 2.68. The van der Waals surface area contributed by atoms with Gasteiger partial charge in [0, 0.05) is 49.5 Å². The number of ether oxygens (including phenoxy) is 7. The second kappa shape index (κ2) is 17.7. The van der Waals surface area contributed by atoms with E-state index in [1.54, 1.807) is 26.4 Å². The maximum atomic E-state index is 13.5. The predicted octanol–water partition coefficient (Wildman–Crippen LogP) is 5.60. The Hall–Kier alpha value is -4.56. The Morgan fingerprint density at radius 1 is 0.875 bits per heavy atom. The number of rotatable bonds is 9. The van der Waals surface area contributed by atoms with Crippen LogP contribution in [0.2, 0.25) is 6.04 Å². The van der Waals surface area contributed by atoms with Crippen molar-refractivity contribution in [3.05, 3.63) is 77.5 Å². The van der Waals surface area contributed by atoms with Crippen LogP contribution in [0.3, 0.4) is 0 Å². The van der Waals surface area contributed by atoms with E-state index in [1.165, 1.54) is 69.2 Å². The molecule has 8 rings (SSSR count). The number of H-pyrrole nitrogens is 1. The molecule has 2 saturated heterocycles. The van der Waals surface area contributed by atoms with Crippen LogP contribution in [0.4, 0.5) is 0 Å². The third-order valence-corrected chi connectivity index (χ3v) is 14.8. The molecule has 7 atom stereocenters. The maximum Gasteiger partial charge on any atom is 0.338 e. The van der Waals surface area contributed by atoms with Crippen LogP contribution in [0.1, 0.15) is 53.3 Å². The van der Waals surface area contributed by atoms with Crippen molar-refractivity contribution in [1.82, 2.24) is 9.88 Å². The summed E-state index contributed by atoms with van der Waals surface area (Å²) in [4.78, 5) is 33.1. The number of aromatic amines is 1. The van der Waals surface area contributed by atoms with Gasteiger partial charge in [0.2, 0.25) is 14.8 Å². The van der Waals surface area contributed by atoms with E-state index in [4.69, 9.17) is 37.6 Å². The zero-order valence-corrected chi connectivity index (χ0v) is 34.4. The van der Waals surface area contributed by atoms with Crippen LogP contribution in [0.25, 0.3) is 10.9 Å². The van der Waals surface area contributed by atoms with Gasteiger partial charge in [0.25, 0.3) is 0 Å². The zero-order chi connectivity index (χ0) is 39.3. The lowest BCUT2D eigenvalue weighted by Gasteiger charge is -2.52. The van der Waals surface area contributed by atoms with E-state index in [2.05, 4.69) is 46.3 Å². The van der Waals surface area contributed by atoms with Crippen LogP contribution in [0, 0.1) is 17.8 Å². The summed E-state index contributed by atoms with van der Waals surface area (Å²) in [5.41, 5.74) is 3.83. The highest BCUT2D eigenvalue weighted by atomic mass is 28.3. The quantitative estimate of drug-likeness (QED) is 0.168. The number of hydrogen-bond acceptors (Lipinski definition) is 11.